The number of aliphatic hydroxyl groups is 1. The first-order valence-electron chi connectivity index (χ1n) is 14.8. The molecule has 4 aromatic rings. The summed E-state index contributed by atoms with van der Waals surface area (Å²) in [6.07, 6.45) is 9.37. The highest BCUT2D eigenvalue weighted by Crippen LogP contribution is 2.31. The topological polar surface area (TPSA) is 112 Å². The Labute approximate surface area is 255 Å². The Morgan fingerprint density at radius 2 is 1.61 bits per heavy atom. The van der Waals surface area contributed by atoms with Crippen LogP contribution in [-0.2, 0) is 10.3 Å². The molecule has 0 bridgehead atoms. The van der Waals surface area contributed by atoms with Gasteiger partial charge in [0.25, 0.3) is 0 Å². The summed E-state index contributed by atoms with van der Waals surface area (Å²) in [5.74, 6) is 1.10. The lowest BCUT2D eigenvalue weighted by Gasteiger charge is -2.35. The van der Waals surface area contributed by atoms with Crippen LogP contribution in [0.15, 0.2) is 61.3 Å². The Balaban J connectivity index is 1.11. The van der Waals surface area contributed by atoms with E-state index >= 15 is 0 Å². The van der Waals surface area contributed by atoms with Crippen LogP contribution >= 0.6 is 0 Å². The van der Waals surface area contributed by atoms with E-state index in [9.17, 15) is 14.3 Å². The van der Waals surface area contributed by atoms with Crippen LogP contribution in [0, 0.1) is 5.82 Å². The van der Waals surface area contributed by atoms with Crippen LogP contribution in [0.4, 0.5) is 21.0 Å². The van der Waals surface area contributed by atoms with E-state index in [4.69, 9.17) is 4.74 Å². The lowest BCUT2D eigenvalue weighted by atomic mass is 9.90. The number of amides is 1. The van der Waals surface area contributed by atoms with Gasteiger partial charge < -0.3 is 24.5 Å². The summed E-state index contributed by atoms with van der Waals surface area (Å²) in [6, 6.07) is 7.89. The molecule has 0 radical (unpaired) electrons. The van der Waals surface area contributed by atoms with Crippen molar-refractivity contribution < 1.29 is 19.0 Å². The average molecular weight is 601 g/mol. The van der Waals surface area contributed by atoms with Crippen molar-refractivity contribution in [2.75, 3.05) is 49.1 Å². The number of fused-ring (bicyclic) bond motifs is 1. The second-order valence-electron chi connectivity index (χ2n) is 12.4. The van der Waals surface area contributed by atoms with E-state index in [1.165, 1.54) is 17.7 Å². The summed E-state index contributed by atoms with van der Waals surface area (Å²) >= 11 is 0. The number of hydrogen-bond donors (Lipinski definition) is 1. The molecule has 1 aromatic carbocycles. The van der Waals surface area contributed by atoms with Gasteiger partial charge >= 0.3 is 6.09 Å². The molecule has 11 nitrogen and oxygen atoms in total. The molecule has 2 aliphatic heterocycles. The van der Waals surface area contributed by atoms with Crippen LogP contribution in [0.1, 0.15) is 50.8 Å². The van der Waals surface area contributed by atoms with Gasteiger partial charge in [-0.1, -0.05) is 18.2 Å². The lowest BCUT2D eigenvalue weighted by molar-refractivity contribution is 0.0270. The van der Waals surface area contributed by atoms with Crippen molar-refractivity contribution in [2.45, 2.75) is 45.3 Å². The number of piperazine rings is 1. The van der Waals surface area contributed by atoms with Gasteiger partial charge in [0.2, 0.25) is 5.95 Å². The molecule has 230 valence electrons. The first kappa shape index (κ1) is 29.5. The number of rotatable bonds is 5. The first-order valence-corrected chi connectivity index (χ1v) is 14.8. The fourth-order valence-corrected chi connectivity index (χ4v) is 5.55. The minimum Gasteiger partial charge on any atom is -0.444 e. The first-order chi connectivity index (χ1) is 21.0. The maximum atomic E-state index is 13.4. The Bertz CT molecular complexity index is 1670. The third-order valence-corrected chi connectivity index (χ3v) is 8.09. The Morgan fingerprint density at radius 1 is 0.932 bits per heavy atom. The van der Waals surface area contributed by atoms with Gasteiger partial charge in [0, 0.05) is 63.4 Å². The summed E-state index contributed by atoms with van der Waals surface area (Å²) in [4.78, 5) is 32.3. The average Bonchev–Trinajstić information content (AvgIpc) is 3.46. The molecular weight excluding hydrogens is 563 g/mol. The van der Waals surface area contributed by atoms with E-state index in [-0.39, 0.29) is 11.9 Å². The summed E-state index contributed by atoms with van der Waals surface area (Å²) < 4.78 is 20.7. The normalized spacial score (nSPS) is 17.4. The number of aromatic nitrogens is 5. The molecule has 0 aliphatic carbocycles. The number of anilines is 2. The second kappa shape index (κ2) is 11.5. The second-order valence-corrected chi connectivity index (χ2v) is 12.4. The van der Waals surface area contributed by atoms with Gasteiger partial charge in [0.15, 0.2) is 5.82 Å². The zero-order chi connectivity index (χ0) is 31.1. The molecule has 6 rings (SSSR count). The van der Waals surface area contributed by atoms with Gasteiger partial charge in [-0.05, 0) is 69.0 Å². The summed E-state index contributed by atoms with van der Waals surface area (Å²) in [5.41, 5.74) is 2.40. The molecule has 1 saturated heterocycles. The van der Waals surface area contributed by atoms with Crippen LogP contribution in [0.2, 0.25) is 0 Å². The summed E-state index contributed by atoms with van der Waals surface area (Å²) in [7, 11) is 0. The molecule has 1 fully saturated rings. The highest BCUT2D eigenvalue weighted by molar-refractivity contribution is 5.78. The highest BCUT2D eigenvalue weighted by atomic mass is 19.1. The third kappa shape index (κ3) is 6.07. The van der Waals surface area contributed by atoms with Crippen molar-refractivity contribution in [1.29, 1.82) is 0 Å². The molecule has 12 heteroatoms. The van der Waals surface area contributed by atoms with Gasteiger partial charge in [0.1, 0.15) is 28.9 Å². The highest BCUT2D eigenvalue weighted by Gasteiger charge is 2.29. The predicted octanol–water partition coefficient (Wildman–Crippen LogP) is 4.27. The third-order valence-electron chi connectivity index (χ3n) is 8.09. The van der Waals surface area contributed by atoms with Crippen molar-refractivity contribution in [1.82, 2.24) is 29.5 Å². The van der Waals surface area contributed by atoms with Crippen molar-refractivity contribution in [3.05, 3.63) is 83.8 Å². The number of nitrogens with zero attached hydrogens (tertiary/aromatic N) is 8. The van der Waals surface area contributed by atoms with Gasteiger partial charge in [-0.25, -0.2) is 28.7 Å². The molecule has 1 N–H and O–H groups in total. The van der Waals surface area contributed by atoms with Crippen molar-refractivity contribution in [3.63, 3.8) is 0 Å². The number of carbonyl (C=O) groups excluding carboxylic acids is 1. The Hall–Kier alpha value is -4.58. The number of hydrogen-bond acceptors (Lipinski definition) is 9. The molecule has 0 unspecified atom stereocenters. The number of benzene rings is 1. The zero-order valence-corrected chi connectivity index (χ0v) is 25.4. The molecule has 44 heavy (non-hydrogen) atoms. The van der Waals surface area contributed by atoms with Crippen molar-refractivity contribution in [3.8, 4) is 0 Å². The van der Waals surface area contributed by atoms with Gasteiger partial charge in [-0.15, -0.1) is 0 Å². The van der Waals surface area contributed by atoms with Gasteiger partial charge in [-0.3, -0.25) is 0 Å². The van der Waals surface area contributed by atoms with E-state index < -0.39 is 11.2 Å². The lowest BCUT2D eigenvalue weighted by Crippen LogP contribution is -2.47. The molecule has 0 spiro atoms. The Morgan fingerprint density at radius 3 is 2.25 bits per heavy atom. The Kier molecular flexibility index (Phi) is 7.70. The minimum absolute atomic E-state index is 0.291. The van der Waals surface area contributed by atoms with E-state index in [0.29, 0.717) is 43.3 Å². The zero-order valence-electron chi connectivity index (χ0n) is 25.4. The SMILES string of the molecule is CC(C)(C)OC(=O)N1CC=C(c2cc3c(N4CCN(c5ncc([C@](C)(O)c6ccc(F)cc6)cn5)CC4)ncnn3c2)CC1. The number of carbonyl (C=O) groups is 1. The monoisotopic (exact) mass is 600 g/mol. The number of halogens is 1. The standard InChI is InChI=1S/C32H37FN8O3/c1-31(2,3)44-30(42)40-11-9-22(10-12-40)23-17-27-28(36-21-37-41(27)20-23)38-13-15-39(16-14-38)29-34-18-25(19-35-29)32(4,43)24-5-7-26(33)8-6-24/h5-9,17-21,43H,10-16H2,1-4H3/t32-/m1/s1. The maximum absolute atomic E-state index is 13.4. The summed E-state index contributed by atoms with van der Waals surface area (Å²) in [6.45, 7) is 11.2. The van der Waals surface area contributed by atoms with Gasteiger partial charge in [0.05, 0.1) is 0 Å². The molecule has 2 aliphatic rings. The smallest absolute Gasteiger partial charge is 0.410 e. The minimum atomic E-state index is -1.34. The largest absolute Gasteiger partial charge is 0.444 e. The fourth-order valence-electron chi connectivity index (χ4n) is 5.55. The predicted molar refractivity (Wildman–Crippen MR) is 165 cm³/mol. The van der Waals surface area contributed by atoms with E-state index in [1.54, 1.807) is 42.7 Å². The van der Waals surface area contributed by atoms with Crippen molar-refractivity contribution >= 4 is 28.9 Å². The molecule has 1 amide bonds. The van der Waals surface area contributed by atoms with E-state index in [0.717, 1.165) is 36.4 Å². The molecular formula is C32H37FN8O3. The van der Waals surface area contributed by atoms with Gasteiger partial charge in [-0.2, -0.15) is 5.10 Å². The van der Waals surface area contributed by atoms with Crippen LogP contribution < -0.4 is 9.80 Å². The van der Waals surface area contributed by atoms with E-state index in [1.807, 2.05) is 31.5 Å². The number of ether oxygens (including phenoxy) is 1. The molecule has 3 aromatic heterocycles. The molecule has 5 heterocycles. The fraction of sp³-hybridized carbons (Fsp3) is 0.406. The maximum Gasteiger partial charge on any atom is 0.410 e. The quantitative estimate of drug-likeness (QED) is 0.359. The van der Waals surface area contributed by atoms with Crippen LogP contribution in [-0.4, -0.2) is 85.5 Å². The van der Waals surface area contributed by atoms with Crippen LogP contribution in [0.5, 0.6) is 0 Å². The molecule has 0 saturated carbocycles. The van der Waals surface area contributed by atoms with Crippen LogP contribution in [0.3, 0.4) is 0 Å². The molecule has 1 atom stereocenters. The van der Waals surface area contributed by atoms with Crippen molar-refractivity contribution in [2.24, 2.45) is 0 Å². The van der Waals surface area contributed by atoms with E-state index in [2.05, 4.69) is 42.0 Å². The van der Waals surface area contributed by atoms with Crippen LogP contribution in [0.25, 0.3) is 11.1 Å². The summed E-state index contributed by atoms with van der Waals surface area (Å²) in [5, 5.41) is 15.5.